The van der Waals surface area contributed by atoms with Crippen molar-refractivity contribution in [3.05, 3.63) is 23.8 Å². The van der Waals surface area contributed by atoms with E-state index in [9.17, 15) is 9.90 Å². The molecule has 4 heteroatoms. The first kappa shape index (κ1) is 13.9. The molecule has 1 aromatic rings. The lowest BCUT2D eigenvalue weighted by atomic mass is 9.82. The van der Waals surface area contributed by atoms with E-state index >= 15 is 0 Å². The van der Waals surface area contributed by atoms with Gasteiger partial charge in [-0.2, -0.15) is 0 Å². The maximum Gasteiger partial charge on any atom is 0.165 e. The largest absolute Gasteiger partial charge is 0.496 e. The summed E-state index contributed by atoms with van der Waals surface area (Å²) in [6, 6.07) is 5.64. The number of ketones is 1. The van der Waals surface area contributed by atoms with Crippen molar-refractivity contribution in [2.75, 3.05) is 25.6 Å². The molecule has 1 fully saturated rings. The van der Waals surface area contributed by atoms with Crippen molar-refractivity contribution in [3.8, 4) is 5.75 Å². The third-order valence-corrected chi connectivity index (χ3v) is 3.73. The van der Waals surface area contributed by atoms with Crippen LogP contribution in [0, 0.1) is 5.92 Å². The highest BCUT2D eigenvalue weighted by atomic mass is 16.5. The number of rotatable bonds is 5. The molecule has 0 heterocycles. The Kier molecular flexibility index (Phi) is 4.10. The van der Waals surface area contributed by atoms with Crippen molar-refractivity contribution in [2.24, 2.45) is 5.92 Å². The van der Waals surface area contributed by atoms with Crippen LogP contribution < -0.4 is 9.64 Å². The van der Waals surface area contributed by atoms with E-state index in [0.717, 1.165) is 25.1 Å². The third kappa shape index (κ3) is 2.89. The van der Waals surface area contributed by atoms with E-state index < -0.39 is 0 Å². The Balaban J connectivity index is 2.20. The number of nitrogens with zero attached hydrogens (tertiary/aromatic N) is 1. The summed E-state index contributed by atoms with van der Waals surface area (Å²) in [6.45, 7) is 2.41. The van der Waals surface area contributed by atoms with Gasteiger partial charge in [-0.15, -0.1) is 0 Å². The van der Waals surface area contributed by atoms with Crippen molar-refractivity contribution in [1.29, 1.82) is 0 Å². The van der Waals surface area contributed by atoms with Crippen LogP contribution in [0.25, 0.3) is 0 Å². The van der Waals surface area contributed by atoms with E-state index in [1.807, 2.05) is 19.2 Å². The van der Waals surface area contributed by atoms with Crippen molar-refractivity contribution in [1.82, 2.24) is 0 Å². The van der Waals surface area contributed by atoms with E-state index in [1.54, 1.807) is 20.1 Å². The van der Waals surface area contributed by atoms with Gasteiger partial charge < -0.3 is 14.7 Å². The molecule has 1 saturated carbocycles. The predicted octanol–water partition coefficient (Wildman–Crippen LogP) is 2.10. The SMILES string of the molecule is COc1cccc(N(C)CC2CC(O)C2)c1C(C)=O. The number of aliphatic hydroxyl groups is 1. The molecule has 0 unspecified atom stereocenters. The first-order valence-corrected chi connectivity index (χ1v) is 6.60. The van der Waals surface area contributed by atoms with Crippen molar-refractivity contribution >= 4 is 11.5 Å². The standard InChI is InChI=1S/C15H21NO3/c1-10(17)15-13(5-4-6-14(15)19-3)16(2)9-11-7-12(18)8-11/h4-6,11-12,18H,7-9H2,1-3H3. The molecule has 4 nitrogen and oxygen atoms in total. The van der Waals surface area contributed by atoms with Gasteiger partial charge in [0, 0.05) is 13.6 Å². The zero-order valence-electron chi connectivity index (χ0n) is 11.7. The number of hydrogen-bond donors (Lipinski definition) is 1. The summed E-state index contributed by atoms with van der Waals surface area (Å²) in [5.74, 6) is 1.13. The number of anilines is 1. The Labute approximate surface area is 114 Å². The molecule has 0 amide bonds. The average molecular weight is 263 g/mol. The number of carbonyl (C=O) groups excluding carboxylic acids is 1. The van der Waals surface area contributed by atoms with Gasteiger partial charge in [0.2, 0.25) is 0 Å². The maximum atomic E-state index is 11.8. The summed E-state index contributed by atoms with van der Waals surface area (Å²) in [5.41, 5.74) is 1.53. The molecule has 0 saturated heterocycles. The van der Waals surface area contributed by atoms with Crippen molar-refractivity contribution in [3.63, 3.8) is 0 Å². The van der Waals surface area contributed by atoms with Gasteiger partial charge in [0.15, 0.2) is 5.78 Å². The quantitative estimate of drug-likeness (QED) is 0.827. The molecule has 1 aliphatic rings. The van der Waals surface area contributed by atoms with E-state index in [0.29, 0.717) is 17.2 Å². The van der Waals surface area contributed by atoms with Crippen LogP contribution in [0.4, 0.5) is 5.69 Å². The predicted molar refractivity (Wildman–Crippen MR) is 75.0 cm³/mol. The first-order chi connectivity index (χ1) is 9.02. The molecule has 0 aromatic heterocycles. The number of Topliss-reactive ketones (excluding diaryl/α,β-unsaturated/α-hetero) is 1. The summed E-state index contributed by atoms with van der Waals surface area (Å²) in [4.78, 5) is 13.9. The molecular weight excluding hydrogens is 242 g/mol. The van der Waals surface area contributed by atoms with Crippen LogP contribution in [0.3, 0.4) is 0 Å². The number of aliphatic hydroxyl groups excluding tert-OH is 1. The second-order valence-electron chi connectivity index (χ2n) is 5.28. The molecular formula is C15H21NO3. The van der Waals surface area contributed by atoms with E-state index in [4.69, 9.17) is 4.74 Å². The minimum absolute atomic E-state index is 0.00736. The van der Waals surface area contributed by atoms with E-state index in [2.05, 4.69) is 4.90 Å². The summed E-state index contributed by atoms with van der Waals surface area (Å²) in [6.07, 6.45) is 1.56. The van der Waals surface area contributed by atoms with Crippen LogP contribution in [0.2, 0.25) is 0 Å². The Morgan fingerprint density at radius 1 is 1.47 bits per heavy atom. The van der Waals surface area contributed by atoms with Crippen LogP contribution in [0.1, 0.15) is 30.1 Å². The Bertz CT molecular complexity index is 466. The summed E-state index contributed by atoms with van der Waals surface area (Å²) in [5, 5.41) is 9.33. The molecule has 0 atom stereocenters. The maximum absolute atomic E-state index is 11.8. The first-order valence-electron chi connectivity index (χ1n) is 6.60. The summed E-state index contributed by atoms with van der Waals surface area (Å²) in [7, 11) is 3.56. The van der Waals surface area contributed by atoms with Crippen LogP contribution in [0.5, 0.6) is 5.75 Å². The molecule has 0 radical (unpaired) electrons. The molecule has 1 aromatic carbocycles. The van der Waals surface area contributed by atoms with Crippen molar-refractivity contribution in [2.45, 2.75) is 25.9 Å². The molecule has 1 aliphatic carbocycles. The zero-order chi connectivity index (χ0) is 14.0. The fraction of sp³-hybridized carbons (Fsp3) is 0.533. The fourth-order valence-corrected chi connectivity index (χ4v) is 2.70. The molecule has 2 rings (SSSR count). The summed E-state index contributed by atoms with van der Waals surface area (Å²) < 4.78 is 5.27. The Morgan fingerprint density at radius 2 is 2.16 bits per heavy atom. The highest BCUT2D eigenvalue weighted by molar-refractivity contribution is 6.02. The molecule has 1 N–H and O–H groups in total. The van der Waals surface area contributed by atoms with Gasteiger partial charge in [-0.3, -0.25) is 4.79 Å². The number of carbonyl (C=O) groups is 1. The smallest absolute Gasteiger partial charge is 0.165 e. The minimum Gasteiger partial charge on any atom is -0.496 e. The van der Waals surface area contributed by atoms with Gasteiger partial charge in [-0.05, 0) is 37.8 Å². The van der Waals surface area contributed by atoms with Gasteiger partial charge in [-0.25, -0.2) is 0 Å². The van der Waals surface area contributed by atoms with Gasteiger partial charge in [0.1, 0.15) is 5.75 Å². The molecule has 0 bridgehead atoms. The number of ether oxygens (including phenoxy) is 1. The molecule has 104 valence electrons. The van der Waals surface area contributed by atoms with Crippen LogP contribution in [-0.4, -0.2) is 37.7 Å². The number of methoxy groups -OCH3 is 1. The monoisotopic (exact) mass is 263 g/mol. The fourth-order valence-electron chi connectivity index (χ4n) is 2.70. The average Bonchev–Trinajstić information content (AvgIpc) is 2.35. The van der Waals surface area contributed by atoms with Crippen LogP contribution in [0.15, 0.2) is 18.2 Å². The topological polar surface area (TPSA) is 49.8 Å². The molecule has 0 spiro atoms. The zero-order valence-corrected chi connectivity index (χ0v) is 11.7. The normalized spacial score (nSPS) is 21.7. The lowest BCUT2D eigenvalue weighted by Crippen LogP contribution is -2.37. The van der Waals surface area contributed by atoms with Crippen LogP contribution in [-0.2, 0) is 0 Å². The highest BCUT2D eigenvalue weighted by Crippen LogP contribution is 2.33. The van der Waals surface area contributed by atoms with Gasteiger partial charge in [0.25, 0.3) is 0 Å². The highest BCUT2D eigenvalue weighted by Gasteiger charge is 2.29. The minimum atomic E-state index is -0.143. The lowest BCUT2D eigenvalue weighted by Gasteiger charge is -2.35. The summed E-state index contributed by atoms with van der Waals surface area (Å²) >= 11 is 0. The van der Waals surface area contributed by atoms with E-state index in [1.165, 1.54) is 0 Å². The number of benzene rings is 1. The third-order valence-electron chi connectivity index (χ3n) is 3.73. The van der Waals surface area contributed by atoms with E-state index in [-0.39, 0.29) is 11.9 Å². The van der Waals surface area contributed by atoms with Crippen LogP contribution >= 0.6 is 0 Å². The second-order valence-corrected chi connectivity index (χ2v) is 5.28. The molecule has 0 aliphatic heterocycles. The Morgan fingerprint density at radius 3 is 2.68 bits per heavy atom. The van der Waals surface area contributed by atoms with Gasteiger partial charge >= 0.3 is 0 Å². The van der Waals surface area contributed by atoms with Gasteiger partial charge in [-0.1, -0.05) is 6.07 Å². The van der Waals surface area contributed by atoms with Gasteiger partial charge in [0.05, 0.1) is 24.5 Å². The second kappa shape index (κ2) is 5.61. The lowest BCUT2D eigenvalue weighted by molar-refractivity contribution is 0.0464. The number of hydrogen-bond acceptors (Lipinski definition) is 4. The van der Waals surface area contributed by atoms with Crippen molar-refractivity contribution < 1.29 is 14.6 Å². The Hall–Kier alpha value is -1.55. The molecule has 19 heavy (non-hydrogen) atoms.